The molecule has 0 saturated heterocycles. The molecular weight excluding hydrogens is 308 g/mol. The maximum Gasteiger partial charge on any atom is 0.262 e. The lowest BCUT2D eigenvalue weighted by molar-refractivity contribution is 0.659. The largest absolute Gasteiger partial charge is 0.283 e. The van der Waals surface area contributed by atoms with E-state index in [1.807, 2.05) is 12.1 Å². The molecule has 1 aromatic carbocycles. The molecule has 1 atom stereocenters. The molecule has 0 fully saturated rings. The zero-order valence-electron chi connectivity index (χ0n) is 12.6. The summed E-state index contributed by atoms with van der Waals surface area (Å²) in [7, 11) is 0. The number of aromatic nitrogens is 2. The molecule has 23 heavy (non-hydrogen) atoms. The average molecular weight is 324 g/mol. The van der Waals surface area contributed by atoms with Crippen LogP contribution in [0.1, 0.15) is 12.8 Å². The predicted octanol–water partition coefficient (Wildman–Crippen LogP) is 3.12. The van der Waals surface area contributed by atoms with Crippen molar-refractivity contribution in [2.75, 3.05) is 5.75 Å². The molecule has 0 N–H and O–H groups in total. The molecule has 0 bridgehead atoms. The SMILES string of the molecule is C=CCn1c(SC[C@@H](C#N)CCC#N)nc2ccccc2c1=O. The van der Waals surface area contributed by atoms with E-state index < -0.39 is 0 Å². The molecule has 0 aliphatic rings. The Morgan fingerprint density at radius 2 is 2.17 bits per heavy atom. The third kappa shape index (κ3) is 4.00. The highest BCUT2D eigenvalue weighted by atomic mass is 32.2. The minimum Gasteiger partial charge on any atom is -0.283 e. The van der Waals surface area contributed by atoms with Gasteiger partial charge >= 0.3 is 0 Å². The van der Waals surface area contributed by atoms with Crippen LogP contribution in [0, 0.1) is 28.6 Å². The van der Waals surface area contributed by atoms with E-state index in [2.05, 4.69) is 23.7 Å². The molecule has 0 aliphatic carbocycles. The summed E-state index contributed by atoms with van der Waals surface area (Å²) < 4.78 is 1.57. The van der Waals surface area contributed by atoms with Crippen molar-refractivity contribution in [1.29, 1.82) is 10.5 Å². The van der Waals surface area contributed by atoms with Gasteiger partial charge in [-0.3, -0.25) is 9.36 Å². The summed E-state index contributed by atoms with van der Waals surface area (Å²) in [5.41, 5.74) is 0.536. The van der Waals surface area contributed by atoms with E-state index >= 15 is 0 Å². The van der Waals surface area contributed by atoms with Gasteiger partial charge in [-0.05, 0) is 18.6 Å². The number of rotatable bonds is 7. The van der Waals surface area contributed by atoms with E-state index in [0.29, 0.717) is 41.2 Å². The lowest BCUT2D eigenvalue weighted by Gasteiger charge is -2.12. The minimum atomic E-state index is -0.236. The molecule has 1 heterocycles. The van der Waals surface area contributed by atoms with Gasteiger partial charge in [0.05, 0.1) is 29.0 Å². The van der Waals surface area contributed by atoms with Crippen LogP contribution in [0.2, 0.25) is 0 Å². The van der Waals surface area contributed by atoms with Gasteiger partial charge < -0.3 is 0 Å². The number of benzene rings is 1. The number of allylic oxidation sites excluding steroid dienone is 1. The van der Waals surface area contributed by atoms with Crippen molar-refractivity contribution in [3.05, 3.63) is 47.3 Å². The van der Waals surface area contributed by atoms with Gasteiger partial charge in [0.2, 0.25) is 0 Å². The topological polar surface area (TPSA) is 82.5 Å². The normalized spacial score (nSPS) is 11.6. The van der Waals surface area contributed by atoms with Gasteiger partial charge in [0, 0.05) is 18.7 Å². The fourth-order valence-electron chi connectivity index (χ4n) is 2.15. The van der Waals surface area contributed by atoms with Gasteiger partial charge in [-0.2, -0.15) is 10.5 Å². The second kappa shape index (κ2) is 8.17. The molecule has 0 unspecified atom stereocenters. The molecule has 0 saturated carbocycles. The zero-order valence-corrected chi connectivity index (χ0v) is 13.4. The Balaban J connectivity index is 2.33. The van der Waals surface area contributed by atoms with Gasteiger partial charge in [-0.15, -0.1) is 6.58 Å². The average Bonchev–Trinajstić information content (AvgIpc) is 2.58. The van der Waals surface area contributed by atoms with Crippen molar-refractivity contribution in [1.82, 2.24) is 9.55 Å². The van der Waals surface area contributed by atoms with Gasteiger partial charge in [0.15, 0.2) is 5.16 Å². The third-order valence-corrected chi connectivity index (χ3v) is 4.48. The van der Waals surface area contributed by atoms with Crippen molar-refractivity contribution in [3.63, 3.8) is 0 Å². The van der Waals surface area contributed by atoms with Crippen LogP contribution in [0.4, 0.5) is 0 Å². The molecule has 5 nitrogen and oxygen atoms in total. The predicted molar refractivity (Wildman–Crippen MR) is 90.9 cm³/mol. The molecule has 2 rings (SSSR count). The second-order valence-electron chi connectivity index (χ2n) is 4.95. The van der Waals surface area contributed by atoms with Crippen molar-refractivity contribution in [2.45, 2.75) is 24.5 Å². The Morgan fingerprint density at radius 3 is 2.87 bits per heavy atom. The Bertz CT molecular complexity index is 844. The highest BCUT2D eigenvalue weighted by Gasteiger charge is 2.14. The van der Waals surface area contributed by atoms with E-state index in [0.717, 1.165) is 0 Å². The van der Waals surface area contributed by atoms with E-state index in [-0.39, 0.29) is 11.5 Å². The first-order valence-electron chi connectivity index (χ1n) is 7.21. The van der Waals surface area contributed by atoms with Crippen molar-refractivity contribution in [3.8, 4) is 12.1 Å². The monoisotopic (exact) mass is 324 g/mol. The number of nitrogens with zero attached hydrogens (tertiary/aromatic N) is 4. The van der Waals surface area contributed by atoms with Gasteiger partial charge in [-0.25, -0.2) is 4.98 Å². The highest BCUT2D eigenvalue weighted by molar-refractivity contribution is 7.99. The standard InChI is InChI=1S/C17H16N4OS/c1-2-10-21-16(22)14-7-3-4-8-15(14)20-17(21)23-12-13(11-19)6-5-9-18/h2-4,7-8,13H,1,5-6,10,12H2/t13-/m1/s1. The Hall–Kier alpha value is -2.57. The zero-order chi connectivity index (χ0) is 16.7. The van der Waals surface area contributed by atoms with E-state index in [9.17, 15) is 4.79 Å². The molecule has 1 aromatic heterocycles. The van der Waals surface area contributed by atoms with Crippen LogP contribution >= 0.6 is 11.8 Å². The summed E-state index contributed by atoms with van der Waals surface area (Å²) in [5.74, 6) is 0.264. The summed E-state index contributed by atoms with van der Waals surface area (Å²) >= 11 is 1.37. The molecule has 0 aliphatic heterocycles. The summed E-state index contributed by atoms with van der Waals surface area (Å²) in [4.78, 5) is 17.1. The molecule has 2 aromatic rings. The van der Waals surface area contributed by atoms with E-state index in [1.54, 1.807) is 22.8 Å². The van der Waals surface area contributed by atoms with Crippen LogP contribution in [0.15, 0.2) is 46.9 Å². The van der Waals surface area contributed by atoms with Crippen LogP contribution in [0.25, 0.3) is 10.9 Å². The number of para-hydroxylation sites is 1. The van der Waals surface area contributed by atoms with Gasteiger partial charge in [-0.1, -0.05) is 30.0 Å². The summed E-state index contributed by atoms with van der Waals surface area (Å²) in [6, 6.07) is 11.5. The first kappa shape index (κ1) is 16.8. The lowest BCUT2D eigenvalue weighted by Crippen LogP contribution is -2.23. The molecule has 6 heteroatoms. The minimum absolute atomic E-state index is 0.108. The number of thioether (sulfide) groups is 1. The number of fused-ring (bicyclic) bond motifs is 1. The number of nitriles is 2. The van der Waals surface area contributed by atoms with Crippen LogP contribution in [-0.4, -0.2) is 15.3 Å². The van der Waals surface area contributed by atoms with Crippen LogP contribution in [-0.2, 0) is 6.54 Å². The summed E-state index contributed by atoms with van der Waals surface area (Å²) in [6.07, 6.45) is 2.53. The number of hydrogen-bond acceptors (Lipinski definition) is 5. The van der Waals surface area contributed by atoms with Gasteiger partial charge in [0.25, 0.3) is 5.56 Å². The summed E-state index contributed by atoms with van der Waals surface area (Å²) in [5, 5.41) is 18.9. The fraction of sp³-hybridized carbons (Fsp3) is 0.294. The van der Waals surface area contributed by atoms with Crippen LogP contribution in [0.3, 0.4) is 0 Å². The highest BCUT2D eigenvalue weighted by Crippen LogP contribution is 2.22. The second-order valence-corrected chi connectivity index (χ2v) is 5.94. The van der Waals surface area contributed by atoms with Crippen molar-refractivity contribution >= 4 is 22.7 Å². The van der Waals surface area contributed by atoms with E-state index in [4.69, 9.17) is 10.5 Å². The molecule has 0 spiro atoms. The Morgan fingerprint density at radius 1 is 1.39 bits per heavy atom. The number of hydrogen-bond donors (Lipinski definition) is 0. The molecular formula is C17H16N4OS. The third-order valence-electron chi connectivity index (χ3n) is 3.34. The maximum absolute atomic E-state index is 12.6. The maximum atomic E-state index is 12.6. The quantitative estimate of drug-likeness (QED) is 0.444. The fourth-order valence-corrected chi connectivity index (χ4v) is 3.21. The smallest absolute Gasteiger partial charge is 0.262 e. The summed E-state index contributed by atoms with van der Waals surface area (Å²) in [6.45, 7) is 4.05. The Labute approximate surface area is 138 Å². The molecule has 0 amide bonds. The first-order chi connectivity index (χ1) is 11.2. The van der Waals surface area contributed by atoms with Gasteiger partial charge in [0.1, 0.15) is 0 Å². The van der Waals surface area contributed by atoms with Crippen LogP contribution in [0.5, 0.6) is 0 Å². The van der Waals surface area contributed by atoms with Crippen LogP contribution < -0.4 is 5.56 Å². The molecule has 116 valence electrons. The van der Waals surface area contributed by atoms with Crippen molar-refractivity contribution in [2.24, 2.45) is 5.92 Å². The van der Waals surface area contributed by atoms with E-state index in [1.165, 1.54) is 11.8 Å². The molecule has 0 radical (unpaired) electrons. The lowest BCUT2D eigenvalue weighted by atomic mass is 10.1. The first-order valence-corrected chi connectivity index (χ1v) is 8.19. The Kier molecular flexibility index (Phi) is 5.96. The van der Waals surface area contributed by atoms with Crippen molar-refractivity contribution < 1.29 is 0 Å².